The van der Waals surface area contributed by atoms with E-state index in [1.165, 1.54) is 6.07 Å². The number of carbonyl (C=O) groups excluding carboxylic acids is 1. The Hall–Kier alpha value is -4.02. The fraction of sp³-hybridized carbons (Fsp3) is 0.192. The number of rotatable bonds is 5. The normalized spacial score (nSPS) is 13.4. The van der Waals surface area contributed by atoms with Crippen LogP contribution in [0.15, 0.2) is 60.7 Å². The number of aromatic nitrogens is 2. The van der Waals surface area contributed by atoms with Crippen LogP contribution in [0.1, 0.15) is 29.6 Å². The van der Waals surface area contributed by atoms with Gasteiger partial charge < -0.3 is 15.2 Å². The van der Waals surface area contributed by atoms with Crippen LogP contribution >= 0.6 is 23.8 Å². The van der Waals surface area contributed by atoms with E-state index in [0.717, 1.165) is 43.4 Å². The number of nitro benzene ring substituents is 1. The van der Waals surface area contributed by atoms with Gasteiger partial charge >= 0.3 is 0 Å². The number of nitro groups is 1. The number of carbonyl (C=O) groups is 1. The number of fused-ring (bicyclic) bond motifs is 1. The van der Waals surface area contributed by atoms with Crippen molar-refractivity contribution in [2.75, 3.05) is 23.3 Å². The third-order valence-corrected chi connectivity index (χ3v) is 6.76. The Kier molecular flexibility index (Phi) is 7.02. The summed E-state index contributed by atoms with van der Waals surface area (Å²) in [6.45, 7) is 1.52. The molecule has 11 heteroatoms. The van der Waals surface area contributed by atoms with Crippen LogP contribution < -0.4 is 15.5 Å². The second kappa shape index (κ2) is 10.5. The summed E-state index contributed by atoms with van der Waals surface area (Å²) in [5.41, 5.74) is 3.54. The smallest absolute Gasteiger partial charge is 0.293 e. The van der Waals surface area contributed by atoms with Crippen molar-refractivity contribution in [1.29, 1.82) is 0 Å². The van der Waals surface area contributed by atoms with E-state index in [2.05, 4.69) is 20.6 Å². The number of amides is 1. The molecule has 1 saturated heterocycles. The largest absolute Gasteiger partial charge is 0.366 e. The Labute approximate surface area is 223 Å². The van der Waals surface area contributed by atoms with Crippen molar-refractivity contribution in [2.45, 2.75) is 19.3 Å². The first-order chi connectivity index (χ1) is 17.9. The topological polar surface area (TPSA) is 116 Å². The second-order valence-corrected chi connectivity index (χ2v) is 9.53. The van der Waals surface area contributed by atoms with Crippen LogP contribution in [0.2, 0.25) is 5.02 Å². The Morgan fingerprint density at radius 1 is 1.08 bits per heavy atom. The molecule has 1 aliphatic heterocycles. The Morgan fingerprint density at radius 3 is 2.62 bits per heavy atom. The predicted molar refractivity (Wildman–Crippen MR) is 149 cm³/mol. The lowest BCUT2D eigenvalue weighted by Gasteiger charge is -2.28. The van der Waals surface area contributed by atoms with Gasteiger partial charge in [0.2, 0.25) is 0 Å². The van der Waals surface area contributed by atoms with Crippen LogP contribution in [0.5, 0.6) is 0 Å². The Balaban J connectivity index is 1.30. The molecule has 9 nitrogen and oxygen atoms in total. The lowest BCUT2D eigenvalue weighted by molar-refractivity contribution is -0.384. The molecule has 1 aromatic heterocycles. The van der Waals surface area contributed by atoms with Crippen LogP contribution in [-0.4, -0.2) is 39.0 Å². The molecule has 3 N–H and O–H groups in total. The van der Waals surface area contributed by atoms with E-state index < -0.39 is 10.8 Å². The zero-order valence-corrected chi connectivity index (χ0v) is 21.2. The summed E-state index contributed by atoms with van der Waals surface area (Å²) in [5.74, 6) is 0.0585. The van der Waals surface area contributed by atoms with Crippen molar-refractivity contribution in [2.24, 2.45) is 0 Å². The number of aromatic amines is 1. The lowest BCUT2D eigenvalue weighted by Crippen LogP contribution is -2.34. The van der Waals surface area contributed by atoms with E-state index in [0.29, 0.717) is 27.8 Å². The van der Waals surface area contributed by atoms with Gasteiger partial charge in [-0.3, -0.25) is 20.2 Å². The van der Waals surface area contributed by atoms with Crippen LogP contribution in [0.25, 0.3) is 22.4 Å². The number of para-hydroxylation sites is 2. The number of nitrogens with zero attached hydrogens (tertiary/aromatic N) is 3. The molecule has 0 radical (unpaired) electrons. The maximum atomic E-state index is 12.8. The number of anilines is 2. The third kappa shape index (κ3) is 5.40. The lowest BCUT2D eigenvalue weighted by atomic mass is 10.1. The van der Waals surface area contributed by atoms with Crippen molar-refractivity contribution < 1.29 is 9.72 Å². The molecule has 0 aliphatic carbocycles. The molecule has 5 rings (SSSR count). The molecular weight excluding hydrogens is 512 g/mol. The average Bonchev–Trinajstić information content (AvgIpc) is 3.34. The molecule has 188 valence electrons. The predicted octanol–water partition coefficient (Wildman–Crippen LogP) is 5.91. The summed E-state index contributed by atoms with van der Waals surface area (Å²) in [5, 5.41) is 17.8. The molecule has 1 fully saturated rings. The highest BCUT2D eigenvalue weighted by atomic mass is 35.5. The number of nitrogens with one attached hydrogen (secondary N) is 3. The maximum absolute atomic E-state index is 12.8. The first-order valence-electron chi connectivity index (χ1n) is 11.8. The number of benzene rings is 3. The molecule has 0 bridgehead atoms. The highest BCUT2D eigenvalue weighted by Gasteiger charge is 2.23. The van der Waals surface area contributed by atoms with Crippen LogP contribution in [0, 0.1) is 10.1 Å². The van der Waals surface area contributed by atoms with Gasteiger partial charge in [0, 0.05) is 36.0 Å². The molecule has 4 aromatic rings. The van der Waals surface area contributed by atoms with E-state index in [4.69, 9.17) is 23.8 Å². The summed E-state index contributed by atoms with van der Waals surface area (Å²) in [7, 11) is 0. The van der Waals surface area contributed by atoms with Crippen molar-refractivity contribution in [1.82, 2.24) is 15.3 Å². The number of hydrogen-bond acceptors (Lipinski definition) is 6. The van der Waals surface area contributed by atoms with Crippen molar-refractivity contribution >= 4 is 62.9 Å². The molecular formula is C26H23ClN6O3S. The first-order valence-corrected chi connectivity index (χ1v) is 12.6. The van der Waals surface area contributed by atoms with Gasteiger partial charge in [-0.2, -0.15) is 0 Å². The second-order valence-electron chi connectivity index (χ2n) is 8.71. The number of hydrogen-bond donors (Lipinski definition) is 3. The molecule has 37 heavy (non-hydrogen) atoms. The van der Waals surface area contributed by atoms with Crippen molar-refractivity contribution in [3.05, 3.63) is 81.4 Å². The molecule has 0 saturated carbocycles. The SMILES string of the molecule is O=C(NC(=S)Nc1ccc(Cl)c(-c2nc3ccccc3[nH]2)c1)c1ccc(N2CCCCC2)c([N+](=O)[O-])c1. The molecule has 0 atom stereocenters. The quantitative estimate of drug-likeness (QED) is 0.165. The summed E-state index contributed by atoms with van der Waals surface area (Å²) in [4.78, 5) is 33.9. The fourth-order valence-corrected chi connectivity index (χ4v) is 4.83. The summed E-state index contributed by atoms with van der Waals surface area (Å²) < 4.78 is 0. The molecule has 1 aliphatic rings. The molecule has 1 amide bonds. The number of imidazole rings is 1. The van der Waals surface area contributed by atoms with Gasteiger partial charge in [0.1, 0.15) is 11.5 Å². The monoisotopic (exact) mass is 534 g/mol. The van der Waals surface area contributed by atoms with E-state index in [1.54, 1.807) is 30.3 Å². The number of H-pyrrole nitrogens is 1. The zero-order chi connectivity index (χ0) is 25.9. The number of thiocarbonyl (C=S) groups is 1. The Morgan fingerprint density at radius 2 is 1.86 bits per heavy atom. The van der Waals surface area contributed by atoms with Gasteiger partial charge in [-0.05, 0) is 73.9 Å². The fourth-order valence-electron chi connectivity index (χ4n) is 4.42. The van der Waals surface area contributed by atoms with E-state index in [9.17, 15) is 14.9 Å². The summed E-state index contributed by atoms with van der Waals surface area (Å²) in [6.07, 6.45) is 3.09. The van der Waals surface area contributed by atoms with Crippen LogP contribution in [0.4, 0.5) is 17.1 Å². The summed E-state index contributed by atoms with van der Waals surface area (Å²) in [6, 6.07) is 17.4. The minimum absolute atomic E-state index is 0.0469. The highest BCUT2D eigenvalue weighted by Crippen LogP contribution is 2.32. The average molecular weight is 535 g/mol. The standard InChI is InChI=1S/C26H23ClN6O3S/c27-19-10-9-17(15-18(19)24-29-20-6-2-3-7-21(20)30-24)28-26(37)31-25(34)16-8-11-22(23(14-16)33(35)36)32-12-4-1-5-13-32/h2-3,6-11,14-15H,1,4-5,12-13H2,(H,29,30)(H2,28,31,34,37). The minimum Gasteiger partial charge on any atom is -0.366 e. The third-order valence-electron chi connectivity index (χ3n) is 6.23. The van der Waals surface area contributed by atoms with Crippen molar-refractivity contribution in [3.8, 4) is 11.4 Å². The number of piperidine rings is 1. The maximum Gasteiger partial charge on any atom is 0.293 e. The molecule has 0 unspecified atom stereocenters. The molecule has 2 heterocycles. The number of halogens is 1. The molecule has 0 spiro atoms. The molecule has 3 aromatic carbocycles. The van der Waals surface area contributed by atoms with Crippen LogP contribution in [0.3, 0.4) is 0 Å². The van der Waals surface area contributed by atoms with Gasteiger partial charge in [-0.15, -0.1) is 0 Å². The van der Waals surface area contributed by atoms with E-state index >= 15 is 0 Å². The van der Waals surface area contributed by atoms with Gasteiger partial charge in [-0.25, -0.2) is 4.98 Å². The van der Waals surface area contributed by atoms with Crippen LogP contribution in [-0.2, 0) is 0 Å². The van der Waals surface area contributed by atoms with Gasteiger partial charge in [0.25, 0.3) is 11.6 Å². The van der Waals surface area contributed by atoms with E-state index in [-0.39, 0.29) is 16.4 Å². The zero-order valence-electron chi connectivity index (χ0n) is 19.7. The highest BCUT2D eigenvalue weighted by molar-refractivity contribution is 7.80. The van der Waals surface area contributed by atoms with E-state index in [1.807, 2.05) is 29.2 Å². The summed E-state index contributed by atoms with van der Waals surface area (Å²) >= 11 is 11.7. The van der Waals surface area contributed by atoms with Gasteiger partial charge in [0.15, 0.2) is 5.11 Å². The first kappa shape index (κ1) is 24.7. The minimum atomic E-state index is -0.544. The van der Waals surface area contributed by atoms with Gasteiger partial charge in [0.05, 0.1) is 21.0 Å². The Bertz CT molecular complexity index is 1480. The van der Waals surface area contributed by atoms with Crippen molar-refractivity contribution in [3.63, 3.8) is 0 Å². The van der Waals surface area contributed by atoms with Gasteiger partial charge in [-0.1, -0.05) is 23.7 Å².